The molecule has 1 saturated carbocycles. The monoisotopic (exact) mass is 398 g/mol. The fraction of sp³-hybridized carbons (Fsp3) is 0.300. The van der Waals surface area contributed by atoms with E-state index in [-0.39, 0.29) is 17.9 Å². The van der Waals surface area contributed by atoms with Gasteiger partial charge in [-0.05, 0) is 48.7 Å². The van der Waals surface area contributed by atoms with E-state index in [0.717, 1.165) is 41.4 Å². The number of halogens is 1. The predicted molar refractivity (Wildman–Crippen MR) is 101 cm³/mol. The SMILES string of the molecule is O=C(NC1CCCC1)C1c2ccccc2C(=O)N1c1ccc(Br)cc1. The van der Waals surface area contributed by atoms with E-state index >= 15 is 0 Å². The molecule has 4 nitrogen and oxygen atoms in total. The summed E-state index contributed by atoms with van der Waals surface area (Å²) >= 11 is 3.42. The molecule has 0 aromatic heterocycles. The van der Waals surface area contributed by atoms with Crippen molar-refractivity contribution in [3.63, 3.8) is 0 Å². The molecule has 2 amide bonds. The maximum atomic E-state index is 13.0. The fourth-order valence-electron chi connectivity index (χ4n) is 3.79. The normalized spacial score (nSPS) is 20.0. The van der Waals surface area contributed by atoms with Crippen molar-refractivity contribution < 1.29 is 9.59 Å². The molecule has 1 aliphatic heterocycles. The van der Waals surface area contributed by atoms with Gasteiger partial charge in [-0.25, -0.2) is 0 Å². The summed E-state index contributed by atoms with van der Waals surface area (Å²) in [5.41, 5.74) is 2.12. The van der Waals surface area contributed by atoms with Crippen LogP contribution in [0.3, 0.4) is 0 Å². The fourth-order valence-corrected chi connectivity index (χ4v) is 4.06. The first-order chi connectivity index (χ1) is 12.1. The highest BCUT2D eigenvalue weighted by molar-refractivity contribution is 9.10. The second-order valence-electron chi connectivity index (χ2n) is 6.63. The van der Waals surface area contributed by atoms with Crippen molar-refractivity contribution >= 4 is 33.4 Å². The summed E-state index contributed by atoms with van der Waals surface area (Å²) in [5.74, 6) is -0.211. The van der Waals surface area contributed by atoms with Crippen LogP contribution in [0.25, 0.3) is 0 Å². The Morgan fingerprint density at radius 1 is 1.04 bits per heavy atom. The molecule has 128 valence electrons. The number of carbonyl (C=O) groups is 2. The number of amides is 2. The zero-order valence-corrected chi connectivity index (χ0v) is 15.3. The quantitative estimate of drug-likeness (QED) is 0.841. The largest absolute Gasteiger partial charge is 0.351 e. The summed E-state index contributed by atoms with van der Waals surface area (Å²) in [6.45, 7) is 0. The Balaban J connectivity index is 1.71. The molecule has 0 spiro atoms. The highest BCUT2D eigenvalue weighted by atomic mass is 79.9. The lowest BCUT2D eigenvalue weighted by Gasteiger charge is -2.26. The van der Waals surface area contributed by atoms with Crippen molar-refractivity contribution in [1.82, 2.24) is 5.32 Å². The average molecular weight is 399 g/mol. The molecule has 1 heterocycles. The van der Waals surface area contributed by atoms with Crippen LogP contribution in [0.15, 0.2) is 53.0 Å². The van der Waals surface area contributed by atoms with Gasteiger partial charge in [-0.15, -0.1) is 0 Å². The van der Waals surface area contributed by atoms with Gasteiger partial charge in [0.05, 0.1) is 0 Å². The summed E-state index contributed by atoms with van der Waals surface area (Å²) in [6, 6.07) is 14.5. The minimum atomic E-state index is -0.606. The van der Waals surface area contributed by atoms with Crippen LogP contribution >= 0.6 is 15.9 Å². The molecule has 25 heavy (non-hydrogen) atoms. The van der Waals surface area contributed by atoms with Crippen LogP contribution in [0.1, 0.15) is 47.6 Å². The highest BCUT2D eigenvalue weighted by Gasteiger charge is 2.42. The first-order valence-electron chi connectivity index (χ1n) is 8.63. The van der Waals surface area contributed by atoms with Gasteiger partial charge in [0.25, 0.3) is 5.91 Å². The molecule has 2 aliphatic rings. The Labute approximate surface area is 155 Å². The van der Waals surface area contributed by atoms with E-state index in [9.17, 15) is 9.59 Å². The van der Waals surface area contributed by atoms with Crippen molar-refractivity contribution in [3.8, 4) is 0 Å². The van der Waals surface area contributed by atoms with E-state index in [0.29, 0.717) is 5.56 Å². The van der Waals surface area contributed by atoms with Crippen LogP contribution in [0.2, 0.25) is 0 Å². The molecule has 1 atom stereocenters. The van der Waals surface area contributed by atoms with Gasteiger partial charge in [0.2, 0.25) is 5.91 Å². The molecule has 4 rings (SSSR count). The van der Waals surface area contributed by atoms with E-state index in [1.54, 1.807) is 11.0 Å². The molecule has 2 aromatic carbocycles. The molecule has 0 bridgehead atoms. The van der Waals surface area contributed by atoms with Gasteiger partial charge < -0.3 is 5.32 Å². The van der Waals surface area contributed by atoms with E-state index < -0.39 is 6.04 Å². The first-order valence-corrected chi connectivity index (χ1v) is 9.43. The Kier molecular flexibility index (Phi) is 4.34. The molecule has 5 heteroatoms. The third-order valence-electron chi connectivity index (χ3n) is 5.02. The number of nitrogens with one attached hydrogen (secondary N) is 1. The minimum absolute atomic E-state index is 0.0897. The van der Waals surface area contributed by atoms with E-state index in [1.807, 2.05) is 42.5 Å². The summed E-state index contributed by atoms with van der Waals surface area (Å²) < 4.78 is 0.937. The number of carbonyl (C=O) groups excluding carboxylic acids is 2. The van der Waals surface area contributed by atoms with Gasteiger partial charge in [-0.1, -0.05) is 47.0 Å². The lowest BCUT2D eigenvalue weighted by atomic mass is 10.0. The predicted octanol–water partition coefficient (Wildman–Crippen LogP) is 4.21. The standard InChI is InChI=1S/C20H19BrN2O2/c21-13-9-11-15(12-10-13)23-18(19(24)22-14-5-1-2-6-14)16-7-3-4-8-17(16)20(23)25/h3-4,7-12,14,18H,1-2,5-6H2,(H,22,24). The molecular weight excluding hydrogens is 380 g/mol. The third kappa shape index (κ3) is 2.97. The van der Waals surface area contributed by atoms with Crippen LogP contribution in [0.5, 0.6) is 0 Å². The summed E-state index contributed by atoms with van der Waals surface area (Å²) in [5, 5.41) is 3.15. The zero-order chi connectivity index (χ0) is 17.4. The average Bonchev–Trinajstić information content (AvgIpc) is 3.22. The Morgan fingerprint density at radius 3 is 2.44 bits per heavy atom. The van der Waals surface area contributed by atoms with Gasteiger partial charge in [0, 0.05) is 21.8 Å². The van der Waals surface area contributed by atoms with Gasteiger partial charge in [0.1, 0.15) is 6.04 Å². The van der Waals surface area contributed by atoms with Crippen molar-refractivity contribution in [2.75, 3.05) is 4.90 Å². The van der Waals surface area contributed by atoms with Crippen molar-refractivity contribution in [1.29, 1.82) is 0 Å². The molecule has 1 fully saturated rings. The topological polar surface area (TPSA) is 49.4 Å². The van der Waals surface area contributed by atoms with Crippen LogP contribution in [-0.4, -0.2) is 17.9 Å². The molecular formula is C20H19BrN2O2. The number of fused-ring (bicyclic) bond motifs is 1. The zero-order valence-electron chi connectivity index (χ0n) is 13.7. The molecule has 0 saturated heterocycles. The van der Waals surface area contributed by atoms with Crippen molar-refractivity contribution in [2.24, 2.45) is 0 Å². The number of anilines is 1. The molecule has 2 aromatic rings. The lowest BCUT2D eigenvalue weighted by molar-refractivity contribution is -0.123. The van der Waals surface area contributed by atoms with Crippen molar-refractivity contribution in [3.05, 3.63) is 64.1 Å². The Bertz CT molecular complexity index is 813. The first kappa shape index (κ1) is 16.3. The van der Waals surface area contributed by atoms with Crippen LogP contribution < -0.4 is 10.2 Å². The van der Waals surface area contributed by atoms with Crippen LogP contribution in [0, 0.1) is 0 Å². The van der Waals surface area contributed by atoms with Gasteiger partial charge in [0.15, 0.2) is 0 Å². The smallest absolute Gasteiger partial charge is 0.259 e. The second kappa shape index (κ2) is 6.64. The van der Waals surface area contributed by atoms with E-state index in [4.69, 9.17) is 0 Å². The summed E-state index contributed by atoms with van der Waals surface area (Å²) in [4.78, 5) is 27.6. The number of nitrogens with zero attached hydrogens (tertiary/aromatic N) is 1. The van der Waals surface area contributed by atoms with Crippen molar-refractivity contribution in [2.45, 2.75) is 37.8 Å². The van der Waals surface area contributed by atoms with Gasteiger partial charge in [-0.3, -0.25) is 14.5 Å². The molecule has 1 unspecified atom stereocenters. The van der Waals surface area contributed by atoms with E-state index in [2.05, 4.69) is 21.2 Å². The highest BCUT2D eigenvalue weighted by Crippen LogP contribution is 2.38. The summed E-state index contributed by atoms with van der Waals surface area (Å²) in [6.07, 6.45) is 4.35. The molecule has 1 N–H and O–H groups in total. The minimum Gasteiger partial charge on any atom is -0.351 e. The van der Waals surface area contributed by atoms with Crippen LogP contribution in [-0.2, 0) is 4.79 Å². The maximum absolute atomic E-state index is 13.0. The lowest BCUT2D eigenvalue weighted by Crippen LogP contribution is -2.42. The Morgan fingerprint density at radius 2 is 1.72 bits per heavy atom. The number of hydrogen-bond donors (Lipinski definition) is 1. The number of rotatable bonds is 3. The third-order valence-corrected chi connectivity index (χ3v) is 5.55. The second-order valence-corrected chi connectivity index (χ2v) is 7.55. The Hall–Kier alpha value is -2.14. The summed E-state index contributed by atoms with van der Waals surface area (Å²) in [7, 11) is 0. The number of benzene rings is 2. The molecule has 1 aliphatic carbocycles. The van der Waals surface area contributed by atoms with Gasteiger partial charge >= 0.3 is 0 Å². The maximum Gasteiger partial charge on any atom is 0.259 e. The van der Waals surface area contributed by atoms with E-state index in [1.165, 1.54) is 0 Å². The van der Waals surface area contributed by atoms with Crippen LogP contribution in [0.4, 0.5) is 5.69 Å². The van der Waals surface area contributed by atoms with Gasteiger partial charge in [-0.2, -0.15) is 0 Å². The number of hydrogen-bond acceptors (Lipinski definition) is 2. The molecule has 0 radical (unpaired) electrons.